The van der Waals surface area contributed by atoms with Gasteiger partial charge in [0.25, 0.3) is 0 Å². The minimum absolute atomic E-state index is 0.00136. The van der Waals surface area contributed by atoms with Gasteiger partial charge in [0.2, 0.25) is 5.91 Å². The molecule has 3 rings (SSSR count). The van der Waals surface area contributed by atoms with E-state index < -0.39 is 0 Å². The van der Waals surface area contributed by atoms with Gasteiger partial charge in [0.1, 0.15) is 0 Å². The van der Waals surface area contributed by atoms with Crippen LogP contribution in [0.15, 0.2) is 58.3 Å². The molecular formula is C14H11NOS2. The molecule has 0 atom stereocenters. The van der Waals surface area contributed by atoms with E-state index in [0.717, 1.165) is 21.2 Å². The monoisotopic (exact) mass is 273 g/mol. The molecule has 0 unspecified atom stereocenters. The summed E-state index contributed by atoms with van der Waals surface area (Å²) in [4.78, 5) is 16.1. The fourth-order valence-electron chi connectivity index (χ4n) is 2.04. The van der Waals surface area contributed by atoms with Crippen molar-refractivity contribution in [3.05, 3.63) is 48.5 Å². The summed E-state index contributed by atoms with van der Waals surface area (Å²) in [7, 11) is 0. The van der Waals surface area contributed by atoms with Gasteiger partial charge in [-0.15, -0.1) is 0 Å². The molecule has 0 saturated carbocycles. The highest BCUT2D eigenvalue weighted by molar-refractivity contribution is 7.99. The van der Waals surface area contributed by atoms with E-state index in [1.807, 2.05) is 48.5 Å². The highest BCUT2D eigenvalue weighted by atomic mass is 32.2. The SMILES string of the molecule is O=C(CS)N1c2ccccc2Sc2ccccc21. The molecule has 1 heterocycles. The Morgan fingerprint density at radius 2 is 1.50 bits per heavy atom. The lowest BCUT2D eigenvalue weighted by atomic mass is 10.2. The summed E-state index contributed by atoms with van der Waals surface area (Å²) in [6, 6.07) is 15.9. The van der Waals surface area contributed by atoms with E-state index in [4.69, 9.17) is 0 Å². The number of para-hydroxylation sites is 2. The molecule has 2 nitrogen and oxygen atoms in total. The number of rotatable bonds is 1. The van der Waals surface area contributed by atoms with Crippen molar-refractivity contribution in [2.24, 2.45) is 0 Å². The van der Waals surface area contributed by atoms with Crippen molar-refractivity contribution >= 4 is 41.7 Å². The van der Waals surface area contributed by atoms with Crippen molar-refractivity contribution < 1.29 is 4.79 Å². The second kappa shape index (κ2) is 4.71. The molecule has 0 spiro atoms. The molecule has 1 amide bonds. The molecule has 0 radical (unpaired) electrons. The lowest BCUT2D eigenvalue weighted by molar-refractivity contribution is -0.115. The molecule has 0 N–H and O–H groups in total. The van der Waals surface area contributed by atoms with E-state index in [1.54, 1.807) is 16.7 Å². The van der Waals surface area contributed by atoms with Gasteiger partial charge in [0.05, 0.1) is 17.1 Å². The summed E-state index contributed by atoms with van der Waals surface area (Å²) in [6.45, 7) is 0. The van der Waals surface area contributed by atoms with E-state index in [2.05, 4.69) is 12.6 Å². The minimum Gasteiger partial charge on any atom is -0.278 e. The van der Waals surface area contributed by atoms with Gasteiger partial charge in [-0.3, -0.25) is 9.69 Å². The third-order valence-corrected chi connectivity index (χ3v) is 4.22. The summed E-state index contributed by atoms with van der Waals surface area (Å²) in [6.07, 6.45) is 0. The molecule has 0 aromatic heterocycles. The summed E-state index contributed by atoms with van der Waals surface area (Å²) >= 11 is 5.81. The molecular weight excluding hydrogens is 262 g/mol. The molecule has 90 valence electrons. The summed E-state index contributed by atoms with van der Waals surface area (Å²) in [5.41, 5.74) is 1.89. The lowest BCUT2D eigenvalue weighted by Gasteiger charge is -2.30. The van der Waals surface area contributed by atoms with Crippen LogP contribution in [0, 0.1) is 0 Å². The molecule has 2 aromatic carbocycles. The topological polar surface area (TPSA) is 20.3 Å². The maximum Gasteiger partial charge on any atom is 0.241 e. The number of fused-ring (bicyclic) bond motifs is 2. The number of hydrogen-bond donors (Lipinski definition) is 1. The third kappa shape index (κ3) is 1.82. The summed E-state index contributed by atoms with van der Waals surface area (Å²) in [5.74, 6) is 0.200. The Labute approximate surface area is 115 Å². The van der Waals surface area contributed by atoms with Crippen LogP contribution in [-0.2, 0) is 4.79 Å². The Hall–Kier alpha value is -1.39. The average Bonchev–Trinajstić information content (AvgIpc) is 2.44. The first-order valence-corrected chi connectivity index (χ1v) is 7.06. The van der Waals surface area contributed by atoms with E-state index in [-0.39, 0.29) is 11.7 Å². The zero-order valence-electron chi connectivity index (χ0n) is 9.54. The van der Waals surface area contributed by atoms with Crippen LogP contribution in [0.3, 0.4) is 0 Å². The highest BCUT2D eigenvalue weighted by Crippen LogP contribution is 2.47. The molecule has 0 aliphatic carbocycles. The quantitative estimate of drug-likeness (QED) is 0.799. The molecule has 18 heavy (non-hydrogen) atoms. The minimum atomic E-state index is -0.00136. The molecule has 1 aliphatic heterocycles. The number of amides is 1. The number of carbonyl (C=O) groups is 1. The maximum atomic E-state index is 12.1. The number of benzene rings is 2. The van der Waals surface area contributed by atoms with Crippen LogP contribution >= 0.6 is 24.4 Å². The standard InChI is InChI=1S/C14H11NOS2/c16-14(9-17)15-10-5-1-3-7-12(10)18-13-8-4-2-6-11(13)15/h1-8,17H,9H2. The normalized spacial score (nSPS) is 12.8. The smallest absolute Gasteiger partial charge is 0.241 e. The molecule has 4 heteroatoms. The first-order chi connectivity index (χ1) is 8.81. The van der Waals surface area contributed by atoms with Gasteiger partial charge in [-0.05, 0) is 24.3 Å². The molecule has 0 saturated heterocycles. The maximum absolute atomic E-state index is 12.1. The van der Waals surface area contributed by atoms with Crippen LogP contribution in [0.2, 0.25) is 0 Å². The Bertz CT molecular complexity index is 567. The van der Waals surface area contributed by atoms with Gasteiger partial charge >= 0.3 is 0 Å². The largest absolute Gasteiger partial charge is 0.278 e. The van der Waals surface area contributed by atoms with Gasteiger partial charge in [-0.2, -0.15) is 12.6 Å². The van der Waals surface area contributed by atoms with Crippen molar-refractivity contribution in [3.8, 4) is 0 Å². The fraction of sp³-hybridized carbons (Fsp3) is 0.0714. The van der Waals surface area contributed by atoms with Gasteiger partial charge < -0.3 is 0 Å². The van der Waals surface area contributed by atoms with Crippen molar-refractivity contribution in [1.29, 1.82) is 0 Å². The van der Waals surface area contributed by atoms with E-state index in [1.165, 1.54) is 0 Å². The van der Waals surface area contributed by atoms with Gasteiger partial charge in [0.15, 0.2) is 0 Å². The second-order valence-corrected chi connectivity index (χ2v) is 5.32. The van der Waals surface area contributed by atoms with E-state index >= 15 is 0 Å². The number of nitrogens with zero attached hydrogens (tertiary/aromatic N) is 1. The highest BCUT2D eigenvalue weighted by Gasteiger charge is 2.26. The van der Waals surface area contributed by atoms with Crippen LogP contribution in [-0.4, -0.2) is 11.7 Å². The Balaban J connectivity index is 2.20. The van der Waals surface area contributed by atoms with E-state index in [0.29, 0.717) is 0 Å². The van der Waals surface area contributed by atoms with Crippen LogP contribution in [0.25, 0.3) is 0 Å². The van der Waals surface area contributed by atoms with Gasteiger partial charge in [-0.1, -0.05) is 36.0 Å². The Morgan fingerprint density at radius 1 is 1.00 bits per heavy atom. The zero-order chi connectivity index (χ0) is 12.5. The van der Waals surface area contributed by atoms with Crippen LogP contribution in [0.5, 0.6) is 0 Å². The number of hydrogen-bond acceptors (Lipinski definition) is 3. The zero-order valence-corrected chi connectivity index (χ0v) is 11.2. The third-order valence-electron chi connectivity index (χ3n) is 2.82. The first-order valence-electron chi connectivity index (χ1n) is 5.61. The van der Waals surface area contributed by atoms with Crippen LogP contribution in [0.1, 0.15) is 0 Å². The van der Waals surface area contributed by atoms with Gasteiger partial charge in [-0.25, -0.2) is 0 Å². The van der Waals surface area contributed by atoms with Crippen molar-refractivity contribution in [3.63, 3.8) is 0 Å². The van der Waals surface area contributed by atoms with E-state index in [9.17, 15) is 4.79 Å². The Kier molecular flexibility index (Phi) is 3.06. The second-order valence-electron chi connectivity index (χ2n) is 3.92. The Morgan fingerprint density at radius 3 is 2.00 bits per heavy atom. The fourth-order valence-corrected chi connectivity index (χ4v) is 3.24. The molecule has 0 bridgehead atoms. The molecule has 1 aliphatic rings. The summed E-state index contributed by atoms with van der Waals surface area (Å²) in [5, 5.41) is 0. The number of thiol groups is 1. The van der Waals surface area contributed by atoms with Crippen molar-refractivity contribution in [2.75, 3.05) is 10.7 Å². The van der Waals surface area contributed by atoms with Crippen LogP contribution < -0.4 is 4.90 Å². The van der Waals surface area contributed by atoms with Gasteiger partial charge in [0, 0.05) is 9.79 Å². The average molecular weight is 273 g/mol. The summed E-state index contributed by atoms with van der Waals surface area (Å²) < 4.78 is 0. The first kappa shape index (κ1) is 11.7. The van der Waals surface area contributed by atoms with Crippen molar-refractivity contribution in [2.45, 2.75) is 9.79 Å². The number of carbonyl (C=O) groups excluding carboxylic acids is 1. The predicted octanol–water partition coefficient (Wildman–Crippen LogP) is 3.75. The number of anilines is 2. The lowest BCUT2D eigenvalue weighted by Crippen LogP contribution is -2.29. The predicted molar refractivity (Wildman–Crippen MR) is 78.0 cm³/mol. The molecule has 2 aromatic rings. The van der Waals surface area contributed by atoms with Crippen LogP contribution in [0.4, 0.5) is 11.4 Å². The molecule has 0 fully saturated rings. The van der Waals surface area contributed by atoms with Crippen molar-refractivity contribution in [1.82, 2.24) is 0 Å².